The highest BCUT2D eigenvalue weighted by atomic mass is 16.4. The van der Waals surface area contributed by atoms with Crippen molar-refractivity contribution in [1.82, 2.24) is 5.32 Å². The molecule has 4 heteroatoms. The molecule has 1 aromatic carbocycles. The first-order chi connectivity index (χ1) is 10.9. The fourth-order valence-corrected chi connectivity index (χ4v) is 3.48. The summed E-state index contributed by atoms with van der Waals surface area (Å²) in [5.41, 5.74) is 3.23. The standard InChI is InChI=1S/C19H27NO3/c1-13-8-14(2)10-15(9-13)11-16(19(22)23)12-18(21)20-17-6-4-3-5-7-17/h8-10,16-17H,3-7,11-12H2,1-2H3,(H,20,21)(H,22,23). The Hall–Kier alpha value is -1.84. The van der Waals surface area contributed by atoms with Gasteiger partial charge in [-0.15, -0.1) is 0 Å². The molecule has 0 heterocycles. The third-order valence-electron chi connectivity index (χ3n) is 4.51. The van der Waals surface area contributed by atoms with Crippen molar-refractivity contribution >= 4 is 11.9 Å². The molecule has 1 aliphatic rings. The van der Waals surface area contributed by atoms with Crippen LogP contribution in [0.5, 0.6) is 0 Å². The van der Waals surface area contributed by atoms with E-state index >= 15 is 0 Å². The largest absolute Gasteiger partial charge is 0.481 e. The summed E-state index contributed by atoms with van der Waals surface area (Å²) in [6.45, 7) is 4.00. The molecule has 1 aliphatic carbocycles. The van der Waals surface area contributed by atoms with Crippen molar-refractivity contribution in [3.63, 3.8) is 0 Å². The van der Waals surface area contributed by atoms with Crippen LogP contribution < -0.4 is 5.32 Å². The predicted octanol–water partition coefficient (Wildman–Crippen LogP) is 3.39. The lowest BCUT2D eigenvalue weighted by Crippen LogP contribution is -2.38. The summed E-state index contributed by atoms with van der Waals surface area (Å²) in [6.07, 6.45) is 6.01. The fraction of sp³-hybridized carbons (Fsp3) is 0.579. The minimum absolute atomic E-state index is 0.0544. The predicted molar refractivity (Wildman–Crippen MR) is 90.4 cm³/mol. The number of rotatable bonds is 6. The first-order valence-electron chi connectivity index (χ1n) is 8.53. The van der Waals surface area contributed by atoms with Crippen molar-refractivity contribution in [1.29, 1.82) is 0 Å². The molecule has 2 N–H and O–H groups in total. The highest BCUT2D eigenvalue weighted by molar-refractivity contribution is 5.82. The van der Waals surface area contributed by atoms with Gasteiger partial charge in [-0.3, -0.25) is 9.59 Å². The Labute approximate surface area is 138 Å². The van der Waals surface area contributed by atoms with Gasteiger partial charge in [0.05, 0.1) is 5.92 Å². The Kier molecular flexibility index (Phi) is 6.20. The van der Waals surface area contributed by atoms with Crippen molar-refractivity contribution in [3.8, 4) is 0 Å². The van der Waals surface area contributed by atoms with Crippen molar-refractivity contribution in [2.75, 3.05) is 0 Å². The summed E-state index contributed by atoms with van der Waals surface area (Å²) in [6, 6.07) is 6.30. The van der Waals surface area contributed by atoms with Crippen LogP contribution in [0.25, 0.3) is 0 Å². The molecule has 23 heavy (non-hydrogen) atoms. The van der Waals surface area contributed by atoms with Crippen LogP contribution in [0.2, 0.25) is 0 Å². The maximum atomic E-state index is 12.2. The van der Waals surface area contributed by atoms with Gasteiger partial charge in [0.1, 0.15) is 0 Å². The maximum absolute atomic E-state index is 12.2. The van der Waals surface area contributed by atoms with E-state index in [1.54, 1.807) is 0 Å². The highest BCUT2D eigenvalue weighted by Gasteiger charge is 2.24. The molecule has 1 amide bonds. The Morgan fingerprint density at radius 1 is 1.13 bits per heavy atom. The van der Waals surface area contributed by atoms with E-state index in [1.165, 1.54) is 6.42 Å². The minimum atomic E-state index is -0.900. The van der Waals surface area contributed by atoms with Gasteiger partial charge in [0.2, 0.25) is 5.91 Å². The smallest absolute Gasteiger partial charge is 0.307 e. The summed E-state index contributed by atoms with van der Waals surface area (Å²) < 4.78 is 0. The van der Waals surface area contributed by atoms with Crippen molar-refractivity contribution in [3.05, 3.63) is 34.9 Å². The van der Waals surface area contributed by atoms with Crippen LogP contribution in [0.3, 0.4) is 0 Å². The lowest BCUT2D eigenvalue weighted by Gasteiger charge is -2.23. The molecule has 1 fully saturated rings. The molecule has 0 bridgehead atoms. The topological polar surface area (TPSA) is 66.4 Å². The molecule has 4 nitrogen and oxygen atoms in total. The molecule has 126 valence electrons. The molecule has 0 aliphatic heterocycles. The summed E-state index contributed by atoms with van der Waals surface area (Å²) in [7, 11) is 0. The number of benzene rings is 1. The highest BCUT2D eigenvalue weighted by Crippen LogP contribution is 2.19. The molecule has 1 atom stereocenters. The van der Waals surface area contributed by atoms with E-state index in [9.17, 15) is 14.7 Å². The van der Waals surface area contributed by atoms with Gasteiger partial charge < -0.3 is 10.4 Å². The maximum Gasteiger partial charge on any atom is 0.307 e. The van der Waals surface area contributed by atoms with E-state index in [-0.39, 0.29) is 18.4 Å². The Balaban J connectivity index is 1.95. The minimum Gasteiger partial charge on any atom is -0.481 e. The summed E-state index contributed by atoms with van der Waals surface area (Å²) in [4.78, 5) is 23.7. The molecule has 2 rings (SSSR count). The quantitative estimate of drug-likeness (QED) is 0.845. The molecule has 1 unspecified atom stereocenters. The van der Waals surface area contributed by atoms with Crippen LogP contribution in [-0.2, 0) is 16.0 Å². The molecule has 0 spiro atoms. The monoisotopic (exact) mass is 317 g/mol. The SMILES string of the molecule is Cc1cc(C)cc(CC(CC(=O)NC2CCCCC2)C(=O)O)c1. The van der Waals surface area contributed by atoms with E-state index in [1.807, 2.05) is 26.0 Å². The van der Waals surface area contributed by atoms with Gasteiger partial charge in [0.25, 0.3) is 0 Å². The Bertz CT molecular complexity index is 541. The van der Waals surface area contributed by atoms with Gasteiger partial charge in [-0.05, 0) is 38.7 Å². The number of carbonyl (C=O) groups excluding carboxylic acids is 1. The fourth-order valence-electron chi connectivity index (χ4n) is 3.48. The molecule has 0 radical (unpaired) electrons. The lowest BCUT2D eigenvalue weighted by atomic mass is 9.92. The second-order valence-corrected chi connectivity index (χ2v) is 6.84. The zero-order valence-corrected chi connectivity index (χ0v) is 14.1. The normalized spacial score (nSPS) is 16.8. The summed E-state index contributed by atoms with van der Waals surface area (Å²) in [5, 5.41) is 12.5. The number of aryl methyl sites for hydroxylation is 2. The van der Waals surface area contributed by atoms with Gasteiger partial charge in [-0.1, -0.05) is 48.6 Å². The van der Waals surface area contributed by atoms with Crippen LogP contribution in [0, 0.1) is 19.8 Å². The molecule has 1 saturated carbocycles. The van der Waals surface area contributed by atoms with Gasteiger partial charge in [0, 0.05) is 12.5 Å². The zero-order valence-electron chi connectivity index (χ0n) is 14.1. The van der Waals surface area contributed by atoms with Crippen molar-refractivity contribution in [2.24, 2.45) is 5.92 Å². The van der Waals surface area contributed by atoms with Crippen LogP contribution in [0.1, 0.15) is 55.2 Å². The Morgan fingerprint density at radius 2 is 1.74 bits per heavy atom. The second-order valence-electron chi connectivity index (χ2n) is 6.84. The number of amides is 1. The van der Waals surface area contributed by atoms with E-state index in [0.29, 0.717) is 6.42 Å². The van der Waals surface area contributed by atoms with Gasteiger partial charge in [-0.2, -0.15) is 0 Å². The first kappa shape index (κ1) is 17.5. The average molecular weight is 317 g/mol. The molecular weight excluding hydrogens is 290 g/mol. The Morgan fingerprint density at radius 3 is 2.30 bits per heavy atom. The van der Waals surface area contributed by atoms with Crippen LogP contribution in [0.15, 0.2) is 18.2 Å². The summed E-state index contributed by atoms with van der Waals surface area (Å²) in [5.74, 6) is -1.70. The molecule has 1 aromatic rings. The van der Waals surface area contributed by atoms with Gasteiger partial charge in [0.15, 0.2) is 0 Å². The van der Waals surface area contributed by atoms with E-state index in [0.717, 1.165) is 42.4 Å². The number of carboxylic acids is 1. The van der Waals surface area contributed by atoms with Crippen LogP contribution in [-0.4, -0.2) is 23.0 Å². The van der Waals surface area contributed by atoms with Crippen molar-refractivity contribution in [2.45, 2.75) is 64.8 Å². The van der Waals surface area contributed by atoms with Gasteiger partial charge in [-0.25, -0.2) is 0 Å². The number of nitrogens with one attached hydrogen (secondary N) is 1. The van der Waals surface area contributed by atoms with E-state index in [2.05, 4.69) is 11.4 Å². The number of carboxylic acid groups (broad SMARTS) is 1. The van der Waals surface area contributed by atoms with E-state index in [4.69, 9.17) is 0 Å². The van der Waals surface area contributed by atoms with Crippen molar-refractivity contribution < 1.29 is 14.7 Å². The van der Waals surface area contributed by atoms with Crippen LogP contribution in [0.4, 0.5) is 0 Å². The summed E-state index contributed by atoms with van der Waals surface area (Å²) >= 11 is 0. The molecule has 0 saturated heterocycles. The number of aliphatic carboxylic acids is 1. The molecular formula is C19H27NO3. The zero-order chi connectivity index (χ0) is 16.8. The number of hydrogen-bond acceptors (Lipinski definition) is 2. The van der Waals surface area contributed by atoms with Gasteiger partial charge >= 0.3 is 5.97 Å². The van der Waals surface area contributed by atoms with E-state index < -0.39 is 11.9 Å². The number of carbonyl (C=O) groups is 2. The first-order valence-corrected chi connectivity index (χ1v) is 8.53. The third-order valence-corrected chi connectivity index (χ3v) is 4.51. The molecule has 0 aromatic heterocycles. The second kappa shape index (κ2) is 8.14. The number of hydrogen-bond donors (Lipinski definition) is 2. The van der Waals surface area contributed by atoms with Crippen LogP contribution >= 0.6 is 0 Å². The lowest BCUT2D eigenvalue weighted by molar-refractivity contribution is -0.144. The third kappa shape index (κ3) is 5.70. The average Bonchev–Trinajstić information content (AvgIpc) is 2.46.